The number of pyridine rings is 1. The number of carbonyl (C=O) groups is 2. The molecule has 4 aromatic rings. The zero-order chi connectivity index (χ0) is 24.0. The van der Waals surface area contributed by atoms with Crippen molar-refractivity contribution in [3.05, 3.63) is 65.1 Å². The number of carbonyl (C=O) groups excluding carboxylic acids is 2. The van der Waals surface area contributed by atoms with Gasteiger partial charge >= 0.3 is 0 Å². The number of amides is 2. The molecule has 0 aliphatic rings. The first-order valence-electron chi connectivity index (χ1n) is 9.79. The average molecular weight is 456 g/mol. The molecule has 170 valence electrons. The molecule has 0 saturated heterocycles. The van der Waals surface area contributed by atoms with Crippen LogP contribution in [0.15, 0.2) is 36.5 Å². The van der Waals surface area contributed by atoms with Gasteiger partial charge in [0.2, 0.25) is 5.91 Å². The summed E-state index contributed by atoms with van der Waals surface area (Å²) < 4.78 is 42.9. The zero-order valence-electron chi connectivity index (χ0n) is 17.9. The predicted octanol–water partition coefficient (Wildman–Crippen LogP) is 3.16. The molecule has 2 amide bonds. The molecule has 0 aliphatic heterocycles. The van der Waals surface area contributed by atoms with Crippen molar-refractivity contribution in [3.63, 3.8) is 0 Å². The van der Waals surface area contributed by atoms with Crippen molar-refractivity contribution in [1.29, 1.82) is 0 Å². The van der Waals surface area contributed by atoms with Gasteiger partial charge in [-0.2, -0.15) is 5.10 Å². The third kappa shape index (κ3) is 3.81. The summed E-state index contributed by atoms with van der Waals surface area (Å²) in [7, 11) is 3.04. The number of nitrogen functional groups attached to an aromatic ring is 1. The number of nitrogens with zero attached hydrogens (tertiary/aromatic N) is 5. The highest BCUT2D eigenvalue weighted by atomic mass is 19.2. The summed E-state index contributed by atoms with van der Waals surface area (Å²) in [5.41, 5.74) is 7.05. The van der Waals surface area contributed by atoms with Gasteiger partial charge in [-0.3, -0.25) is 19.3 Å². The Morgan fingerprint density at radius 1 is 1.06 bits per heavy atom. The van der Waals surface area contributed by atoms with Crippen LogP contribution in [0, 0.1) is 17.5 Å². The second kappa shape index (κ2) is 8.08. The predicted molar refractivity (Wildman–Crippen MR) is 115 cm³/mol. The van der Waals surface area contributed by atoms with E-state index in [-0.39, 0.29) is 16.9 Å². The van der Waals surface area contributed by atoms with E-state index in [0.29, 0.717) is 33.9 Å². The van der Waals surface area contributed by atoms with Crippen molar-refractivity contribution in [2.45, 2.75) is 13.5 Å². The fourth-order valence-electron chi connectivity index (χ4n) is 3.57. The maximum absolute atomic E-state index is 14.3. The van der Waals surface area contributed by atoms with E-state index in [4.69, 9.17) is 5.73 Å². The molecule has 0 saturated carbocycles. The molecule has 2 aromatic heterocycles. The number of benzene rings is 2. The largest absolute Gasteiger partial charge is 0.383 e. The van der Waals surface area contributed by atoms with Crippen LogP contribution in [0.2, 0.25) is 0 Å². The van der Waals surface area contributed by atoms with E-state index < -0.39 is 35.8 Å². The molecule has 0 bridgehead atoms. The molecule has 2 aromatic carbocycles. The Balaban J connectivity index is 1.81. The lowest BCUT2D eigenvalue weighted by Gasteiger charge is -2.31. The Morgan fingerprint density at radius 3 is 2.45 bits per heavy atom. The van der Waals surface area contributed by atoms with Crippen molar-refractivity contribution < 1.29 is 22.8 Å². The lowest BCUT2D eigenvalue weighted by molar-refractivity contribution is -0.140. The van der Waals surface area contributed by atoms with Crippen LogP contribution in [0.4, 0.5) is 19.0 Å². The normalized spacial score (nSPS) is 11.2. The average Bonchev–Trinajstić information content (AvgIpc) is 3.16. The van der Waals surface area contributed by atoms with Gasteiger partial charge in [-0.05, 0) is 24.3 Å². The molecular weight excluding hydrogens is 437 g/mol. The molecule has 0 atom stereocenters. The molecular formula is C22H19F3N6O2. The van der Waals surface area contributed by atoms with E-state index in [1.807, 2.05) is 0 Å². The zero-order valence-corrected chi connectivity index (χ0v) is 17.9. The number of halogens is 3. The van der Waals surface area contributed by atoms with Gasteiger partial charge in [-0.25, -0.2) is 23.2 Å². The Morgan fingerprint density at radius 2 is 1.76 bits per heavy atom. The summed E-state index contributed by atoms with van der Waals surface area (Å²) in [4.78, 5) is 29.8. The Bertz CT molecular complexity index is 1440. The molecule has 0 aliphatic carbocycles. The van der Waals surface area contributed by atoms with Crippen LogP contribution in [0.5, 0.6) is 0 Å². The Kier molecular flexibility index (Phi) is 5.40. The molecule has 0 unspecified atom stereocenters. The van der Waals surface area contributed by atoms with Crippen LogP contribution in [-0.4, -0.2) is 43.6 Å². The quantitative estimate of drug-likeness (QED) is 0.377. The highest BCUT2D eigenvalue weighted by Crippen LogP contribution is 2.29. The summed E-state index contributed by atoms with van der Waals surface area (Å²) in [6.45, 7) is 0.714. The number of aryl methyl sites for hydroxylation is 1. The third-order valence-electron chi connectivity index (χ3n) is 5.42. The van der Waals surface area contributed by atoms with Gasteiger partial charge in [0.1, 0.15) is 11.6 Å². The van der Waals surface area contributed by atoms with Gasteiger partial charge in [0, 0.05) is 43.6 Å². The second-order valence-electron chi connectivity index (χ2n) is 7.52. The second-order valence-corrected chi connectivity index (χ2v) is 7.52. The topological polar surface area (TPSA) is 97.3 Å². The first-order chi connectivity index (χ1) is 15.6. The maximum atomic E-state index is 14.3. The van der Waals surface area contributed by atoms with Crippen LogP contribution >= 0.6 is 0 Å². The molecule has 2 heterocycles. The molecule has 4 rings (SSSR count). The molecule has 33 heavy (non-hydrogen) atoms. The molecule has 0 spiro atoms. The molecule has 0 radical (unpaired) electrons. The van der Waals surface area contributed by atoms with E-state index in [9.17, 15) is 22.8 Å². The van der Waals surface area contributed by atoms with Crippen molar-refractivity contribution in [3.8, 4) is 0 Å². The number of rotatable bonds is 3. The van der Waals surface area contributed by atoms with Crippen molar-refractivity contribution in [1.82, 2.24) is 24.8 Å². The van der Waals surface area contributed by atoms with Crippen LogP contribution in [0.1, 0.15) is 22.8 Å². The number of fused-ring (bicyclic) bond motifs is 3. The van der Waals surface area contributed by atoms with E-state index >= 15 is 0 Å². The molecule has 8 nitrogen and oxygen atoms in total. The van der Waals surface area contributed by atoms with Crippen molar-refractivity contribution in [2.75, 3.05) is 12.8 Å². The Hall–Kier alpha value is -4.15. The molecule has 11 heteroatoms. The van der Waals surface area contributed by atoms with Crippen LogP contribution in [0.25, 0.3) is 21.8 Å². The van der Waals surface area contributed by atoms with Crippen molar-refractivity contribution >= 4 is 39.4 Å². The van der Waals surface area contributed by atoms with Gasteiger partial charge < -0.3 is 5.73 Å². The number of anilines is 1. The Labute approximate surface area is 186 Å². The number of hydrogen-bond donors (Lipinski definition) is 1. The lowest BCUT2D eigenvalue weighted by Crippen LogP contribution is -2.46. The summed E-state index contributed by atoms with van der Waals surface area (Å²) in [6.07, 6.45) is 1.56. The van der Waals surface area contributed by atoms with E-state index in [1.165, 1.54) is 20.0 Å². The summed E-state index contributed by atoms with van der Waals surface area (Å²) in [6, 6.07) is 5.70. The van der Waals surface area contributed by atoms with E-state index in [0.717, 1.165) is 10.0 Å². The first-order valence-corrected chi connectivity index (χ1v) is 9.79. The SMILES string of the molecule is CC(=O)N(C)N(Cc1cc(F)c(F)cc1F)C(=O)c1ccc2nc(N)c3cnn(C)c3c2c1. The van der Waals surface area contributed by atoms with Gasteiger partial charge in [0.15, 0.2) is 11.6 Å². The van der Waals surface area contributed by atoms with Crippen LogP contribution < -0.4 is 5.73 Å². The summed E-state index contributed by atoms with van der Waals surface area (Å²) >= 11 is 0. The number of aromatic nitrogens is 3. The van der Waals surface area contributed by atoms with Crippen LogP contribution in [0.3, 0.4) is 0 Å². The van der Waals surface area contributed by atoms with Gasteiger partial charge in [0.25, 0.3) is 5.91 Å². The fourth-order valence-corrected chi connectivity index (χ4v) is 3.57. The fraction of sp³-hybridized carbons (Fsp3) is 0.182. The summed E-state index contributed by atoms with van der Waals surface area (Å²) in [5, 5.41) is 7.32. The number of hydrogen-bond acceptors (Lipinski definition) is 5. The van der Waals surface area contributed by atoms with Gasteiger partial charge in [-0.1, -0.05) is 0 Å². The minimum Gasteiger partial charge on any atom is -0.383 e. The lowest BCUT2D eigenvalue weighted by atomic mass is 10.1. The summed E-state index contributed by atoms with van der Waals surface area (Å²) in [5.74, 6) is -4.55. The first kappa shape index (κ1) is 22.1. The van der Waals surface area contributed by atoms with Crippen LogP contribution in [-0.2, 0) is 18.4 Å². The van der Waals surface area contributed by atoms with E-state index in [2.05, 4.69) is 10.1 Å². The smallest absolute Gasteiger partial charge is 0.272 e. The van der Waals surface area contributed by atoms with Gasteiger partial charge in [0.05, 0.1) is 29.2 Å². The molecule has 2 N–H and O–H groups in total. The minimum absolute atomic E-state index is 0.160. The number of hydrazine groups is 1. The van der Waals surface area contributed by atoms with Gasteiger partial charge in [-0.15, -0.1) is 0 Å². The van der Waals surface area contributed by atoms with E-state index in [1.54, 1.807) is 30.1 Å². The van der Waals surface area contributed by atoms with Crippen molar-refractivity contribution in [2.24, 2.45) is 7.05 Å². The monoisotopic (exact) mass is 456 g/mol. The number of nitrogens with two attached hydrogens (primary N) is 1. The highest BCUT2D eigenvalue weighted by Gasteiger charge is 2.25. The molecule has 0 fully saturated rings. The minimum atomic E-state index is -1.35. The maximum Gasteiger partial charge on any atom is 0.272 e. The standard InChI is InChI=1S/C22H19F3N6O2/c1-11(32)30(3)31(10-13-7-17(24)18(25)8-16(13)23)22(33)12-4-5-19-14(6-12)20-15(21(26)28-19)9-27-29(20)2/h4-9H,10H2,1-3H3,(H2,26,28). The third-order valence-corrected chi connectivity index (χ3v) is 5.42. The highest BCUT2D eigenvalue weighted by molar-refractivity contribution is 6.10.